The summed E-state index contributed by atoms with van der Waals surface area (Å²) in [7, 11) is -1.61. The summed E-state index contributed by atoms with van der Waals surface area (Å²) in [4.78, 5) is 0. The SMILES string of the molecule is CC1(C)Oc2cccc([Si](C)(C)CCl)c2O1. The number of fused-ring (bicyclic) bond motifs is 1. The molecule has 0 amide bonds. The van der Waals surface area contributed by atoms with Crippen LogP contribution in [0.4, 0.5) is 0 Å². The van der Waals surface area contributed by atoms with Crippen molar-refractivity contribution in [2.24, 2.45) is 0 Å². The second-order valence-corrected chi connectivity index (χ2v) is 10.6. The van der Waals surface area contributed by atoms with Crippen LogP contribution in [-0.4, -0.2) is 19.4 Å². The van der Waals surface area contributed by atoms with Gasteiger partial charge in [0.25, 0.3) is 0 Å². The monoisotopic (exact) mass is 256 g/mol. The third kappa shape index (κ3) is 1.94. The van der Waals surface area contributed by atoms with E-state index in [-0.39, 0.29) is 0 Å². The average Bonchev–Trinajstić information content (AvgIpc) is 2.50. The number of benzene rings is 1. The van der Waals surface area contributed by atoms with Gasteiger partial charge in [0, 0.05) is 19.4 Å². The zero-order valence-corrected chi connectivity index (χ0v) is 11.9. The van der Waals surface area contributed by atoms with Crippen LogP contribution in [-0.2, 0) is 0 Å². The predicted molar refractivity (Wildman–Crippen MR) is 69.6 cm³/mol. The van der Waals surface area contributed by atoms with Crippen molar-refractivity contribution in [1.29, 1.82) is 0 Å². The Morgan fingerprint density at radius 2 is 1.94 bits per heavy atom. The summed E-state index contributed by atoms with van der Waals surface area (Å²) in [5.41, 5.74) is 0.688. The quantitative estimate of drug-likeness (QED) is 0.598. The molecule has 1 aromatic carbocycles. The van der Waals surface area contributed by atoms with Crippen molar-refractivity contribution in [2.45, 2.75) is 32.7 Å². The fourth-order valence-corrected chi connectivity index (χ4v) is 3.75. The normalized spacial score (nSPS) is 17.6. The highest BCUT2D eigenvalue weighted by Gasteiger charge is 2.37. The maximum absolute atomic E-state index is 6.07. The third-order valence-corrected chi connectivity index (χ3v) is 7.27. The number of rotatable bonds is 2. The molecule has 16 heavy (non-hydrogen) atoms. The minimum absolute atomic E-state index is 0.560. The molecule has 2 nitrogen and oxygen atoms in total. The lowest BCUT2D eigenvalue weighted by molar-refractivity contribution is -0.0427. The van der Waals surface area contributed by atoms with Gasteiger partial charge in [-0.1, -0.05) is 25.2 Å². The van der Waals surface area contributed by atoms with Gasteiger partial charge in [-0.3, -0.25) is 0 Å². The summed E-state index contributed by atoms with van der Waals surface area (Å²) in [6, 6.07) is 6.07. The first kappa shape index (κ1) is 11.8. The van der Waals surface area contributed by atoms with Crippen LogP contribution in [0.2, 0.25) is 13.1 Å². The first-order chi connectivity index (χ1) is 7.36. The molecular formula is C12H17ClO2Si. The maximum atomic E-state index is 6.07. The summed E-state index contributed by atoms with van der Waals surface area (Å²) < 4.78 is 11.6. The van der Waals surface area contributed by atoms with Crippen molar-refractivity contribution < 1.29 is 9.47 Å². The first-order valence-electron chi connectivity index (χ1n) is 5.43. The summed E-state index contributed by atoms with van der Waals surface area (Å²) in [6.07, 6.45) is 0. The van der Waals surface area contributed by atoms with Crippen LogP contribution in [0.1, 0.15) is 13.8 Å². The van der Waals surface area contributed by atoms with Gasteiger partial charge in [0.15, 0.2) is 11.5 Å². The second kappa shape index (κ2) is 3.67. The highest BCUT2D eigenvalue weighted by Crippen LogP contribution is 2.38. The van der Waals surface area contributed by atoms with Gasteiger partial charge >= 0.3 is 0 Å². The topological polar surface area (TPSA) is 18.5 Å². The largest absolute Gasteiger partial charge is 0.449 e. The summed E-state index contributed by atoms with van der Waals surface area (Å²) in [5, 5.41) is 1.24. The third-order valence-electron chi connectivity index (χ3n) is 2.75. The van der Waals surface area contributed by atoms with E-state index in [1.54, 1.807) is 0 Å². The van der Waals surface area contributed by atoms with E-state index >= 15 is 0 Å². The van der Waals surface area contributed by atoms with Crippen LogP contribution in [0.25, 0.3) is 0 Å². The molecule has 88 valence electrons. The molecule has 1 heterocycles. The summed E-state index contributed by atoms with van der Waals surface area (Å²) in [5.74, 6) is 1.17. The fourth-order valence-electron chi connectivity index (χ4n) is 1.84. The fraction of sp³-hybridized carbons (Fsp3) is 0.500. The van der Waals surface area contributed by atoms with E-state index in [9.17, 15) is 0 Å². The molecule has 2 rings (SSSR count). The van der Waals surface area contributed by atoms with E-state index in [1.807, 2.05) is 26.0 Å². The lowest BCUT2D eigenvalue weighted by atomic mass is 10.3. The Bertz CT molecular complexity index is 415. The van der Waals surface area contributed by atoms with Crippen LogP contribution >= 0.6 is 11.6 Å². The highest BCUT2D eigenvalue weighted by molar-refractivity contribution is 6.94. The molecule has 0 atom stereocenters. The molecule has 0 fully saturated rings. The molecule has 0 spiro atoms. The van der Waals surface area contributed by atoms with Crippen molar-refractivity contribution in [3.05, 3.63) is 18.2 Å². The van der Waals surface area contributed by atoms with Gasteiger partial charge in [-0.15, -0.1) is 11.6 Å². The van der Waals surface area contributed by atoms with Crippen molar-refractivity contribution in [2.75, 3.05) is 5.50 Å². The minimum atomic E-state index is -1.61. The van der Waals surface area contributed by atoms with E-state index in [4.69, 9.17) is 21.1 Å². The van der Waals surface area contributed by atoms with Crippen LogP contribution in [0.5, 0.6) is 11.5 Å². The van der Waals surface area contributed by atoms with Gasteiger partial charge in [-0.05, 0) is 11.3 Å². The lowest BCUT2D eigenvalue weighted by Crippen LogP contribution is -2.44. The number of ether oxygens (including phenoxy) is 2. The molecule has 1 aliphatic rings. The van der Waals surface area contributed by atoms with E-state index in [1.165, 1.54) is 5.19 Å². The molecule has 0 aliphatic carbocycles. The molecule has 0 saturated carbocycles. The van der Waals surface area contributed by atoms with Crippen molar-refractivity contribution in [3.63, 3.8) is 0 Å². The highest BCUT2D eigenvalue weighted by atomic mass is 35.5. The van der Waals surface area contributed by atoms with Crippen LogP contribution in [0, 0.1) is 0 Å². The smallest absolute Gasteiger partial charge is 0.246 e. The van der Waals surface area contributed by atoms with Gasteiger partial charge in [0.1, 0.15) is 8.07 Å². The van der Waals surface area contributed by atoms with Gasteiger partial charge in [0.2, 0.25) is 5.79 Å². The average molecular weight is 257 g/mol. The van der Waals surface area contributed by atoms with E-state index in [0.29, 0.717) is 5.50 Å². The van der Waals surface area contributed by atoms with E-state index < -0.39 is 13.9 Å². The molecule has 0 unspecified atom stereocenters. The van der Waals surface area contributed by atoms with Crippen molar-refractivity contribution >= 4 is 24.9 Å². The first-order valence-corrected chi connectivity index (χ1v) is 9.17. The van der Waals surface area contributed by atoms with Crippen molar-refractivity contribution in [1.82, 2.24) is 0 Å². The van der Waals surface area contributed by atoms with Gasteiger partial charge < -0.3 is 9.47 Å². The molecule has 0 bridgehead atoms. The number of hydrogen-bond donors (Lipinski definition) is 0. The Hall–Kier alpha value is -0.673. The van der Waals surface area contributed by atoms with E-state index in [0.717, 1.165) is 11.5 Å². The molecule has 0 saturated heterocycles. The van der Waals surface area contributed by atoms with Crippen LogP contribution in [0.15, 0.2) is 18.2 Å². The Morgan fingerprint density at radius 1 is 1.25 bits per heavy atom. The molecule has 0 radical (unpaired) electrons. The number of halogens is 1. The van der Waals surface area contributed by atoms with Crippen LogP contribution < -0.4 is 14.7 Å². The Balaban J connectivity index is 2.49. The standard InChI is InChI=1S/C12H17ClO2Si/c1-12(2)14-9-6-5-7-10(11(9)15-12)16(3,4)8-13/h5-7H,8H2,1-4H3. The molecule has 1 aliphatic heterocycles. The van der Waals surface area contributed by atoms with Gasteiger partial charge in [-0.2, -0.15) is 0 Å². The molecular weight excluding hydrogens is 240 g/mol. The molecule has 1 aromatic rings. The molecule has 0 N–H and O–H groups in total. The Labute approximate surface area is 103 Å². The maximum Gasteiger partial charge on any atom is 0.246 e. The Kier molecular flexibility index (Phi) is 2.71. The summed E-state index contributed by atoms with van der Waals surface area (Å²) >= 11 is 6.07. The minimum Gasteiger partial charge on any atom is -0.449 e. The van der Waals surface area contributed by atoms with Gasteiger partial charge in [-0.25, -0.2) is 0 Å². The zero-order valence-electron chi connectivity index (χ0n) is 10.1. The lowest BCUT2D eigenvalue weighted by Gasteiger charge is -2.22. The number of alkyl halides is 1. The second-order valence-electron chi connectivity index (χ2n) is 5.25. The predicted octanol–water partition coefficient (Wildman–Crippen LogP) is 2.89. The van der Waals surface area contributed by atoms with Gasteiger partial charge in [0.05, 0.1) is 0 Å². The van der Waals surface area contributed by atoms with Crippen LogP contribution in [0.3, 0.4) is 0 Å². The summed E-state index contributed by atoms with van der Waals surface area (Å²) in [6.45, 7) is 8.33. The zero-order chi connectivity index (χ0) is 12.0. The number of para-hydroxylation sites is 1. The number of hydrogen-bond acceptors (Lipinski definition) is 2. The van der Waals surface area contributed by atoms with Crippen molar-refractivity contribution in [3.8, 4) is 11.5 Å². The Morgan fingerprint density at radius 3 is 2.56 bits per heavy atom. The molecule has 4 heteroatoms. The molecule has 0 aromatic heterocycles. The van der Waals surface area contributed by atoms with E-state index in [2.05, 4.69) is 19.2 Å².